The summed E-state index contributed by atoms with van der Waals surface area (Å²) in [6, 6.07) is 2.71. The van der Waals surface area contributed by atoms with Gasteiger partial charge in [0.1, 0.15) is 16.5 Å². The van der Waals surface area contributed by atoms with E-state index in [1.807, 2.05) is 0 Å². The molecule has 0 saturated heterocycles. The fourth-order valence-corrected chi connectivity index (χ4v) is 3.61. The molecular formula is C16H10F3NO5S. The Balaban J connectivity index is 2.15. The highest BCUT2D eigenvalue weighted by Crippen LogP contribution is 2.51. The molecule has 0 aromatic heterocycles. The van der Waals surface area contributed by atoms with Gasteiger partial charge >= 0.3 is 5.92 Å². The van der Waals surface area contributed by atoms with Crippen LogP contribution in [0.15, 0.2) is 51.5 Å². The van der Waals surface area contributed by atoms with Gasteiger partial charge in [-0.15, -0.1) is 0 Å². The van der Waals surface area contributed by atoms with Crippen LogP contribution >= 0.6 is 0 Å². The van der Waals surface area contributed by atoms with Gasteiger partial charge in [0.05, 0.1) is 5.57 Å². The Morgan fingerprint density at radius 3 is 2.54 bits per heavy atom. The highest BCUT2D eigenvalue weighted by atomic mass is 32.2. The van der Waals surface area contributed by atoms with E-state index in [0.29, 0.717) is 0 Å². The summed E-state index contributed by atoms with van der Waals surface area (Å²) in [7, 11) is -4.13. The summed E-state index contributed by atoms with van der Waals surface area (Å²) < 4.78 is 70.1. The minimum Gasteiger partial charge on any atom is -0.447 e. The predicted octanol–water partition coefficient (Wildman–Crippen LogP) is 1.19. The van der Waals surface area contributed by atoms with Crippen LogP contribution < -0.4 is 10.5 Å². The van der Waals surface area contributed by atoms with Gasteiger partial charge in [-0.2, -0.15) is 8.78 Å². The summed E-state index contributed by atoms with van der Waals surface area (Å²) >= 11 is 0. The number of amides is 1. The molecule has 1 aromatic carbocycles. The number of carbonyl (C=O) groups is 1. The lowest BCUT2D eigenvalue weighted by molar-refractivity contribution is -0.0916. The summed E-state index contributed by atoms with van der Waals surface area (Å²) in [5.41, 5.74) is 7.63. The Hall–Kier alpha value is -2.77. The van der Waals surface area contributed by atoms with Crippen molar-refractivity contribution < 1.29 is 36.2 Å². The number of alkyl halides is 2. The van der Waals surface area contributed by atoms with Crippen LogP contribution in [-0.2, 0) is 9.84 Å². The minimum absolute atomic E-state index is 0.250. The summed E-state index contributed by atoms with van der Waals surface area (Å²) in [4.78, 5) is 10.5. The van der Waals surface area contributed by atoms with Gasteiger partial charge in [0.15, 0.2) is 21.7 Å². The van der Waals surface area contributed by atoms with Crippen LogP contribution in [0.25, 0.3) is 0 Å². The molecule has 136 valence electrons. The second-order valence-corrected chi connectivity index (χ2v) is 7.59. The first-order valence-corrected chi connectivity index (χ1v) is 8.87. The number of carbonyl (C=O) groups excluding carboxylic acids is 1. The number of aliphatic hydroxyl groups is 1. The standard InChI is InChI=1S/C16H10F3NO5S/c1-26(23,24)13-11(3-2-10-12(13)14(21)16(10,18)19)25-9-5-7(15(20)22)4-8(17)6-9/h4-6,14,21H,1H3,(H2,20,22). The number of hydrogen-bond acceptors (Lipinski definition) is 5. The van der Waals surface area contributed by atoms with Crippen molar-refractivity contribution in [2.75, 3.05) is 6.26 Å². The van der Waals surface area contributed by atoms with Crippen molar-refractivity contribution in [3.63, 3.8) is 0 Å². The quantitative estimate of drug-likeness (QED) is 0.758. The summed E-state index contributed by atoms with van der Waals surface area (Å²) in [5.74, 6) is -6.39. The molecule has 1 amide bonds. The predicted molar refractivity (Wildman–Crippen MR) is 82.4 cm³/mol. The first-order valence-electron chi connectivity index (χ1n) is 6.98. The molecule has 10 heteroatoms. The molecule has 2 aliphatic carbocycles. The Morgan fingerprint density at radius 1 is 1.31 bits per heavy atom. The molecule has 0 spiro atoms. The van der Waals surface area contributed by atoms with Crippen LogP contribution in [0.2, 0.25) is 0 Å². The maximum absolute atomic E-state index is 13.6. The Labute approximate surface area is 145 Å². The first-order chi connectivity index (χ1) is 11.9. The number of halogens is 3. The van der Waals surface area contributed by atoms with Gasteiger partial charge in [-0.25, -0.2) is 12.8 Å². The summed E-state index contributed by atoms with van der Waals surface area (Å²) in [6.45, 7) is 0. The van der Waals surface area contributed by atoms with Crippen molar-refractivity contribution in [2.24, 2.45) is 5.73 Å². The highest BCUT2D eigenvalue weighted by Gasteiger charge is 2.60. The molecule has 6 nitrogen and oxygen atoms in total. The molecule has 0 bridgehead atoms. The smallest absolute Gasteiger partial charge is 0.310 e. The zero-order valence-corrected chi connectivity index (χ0v) is 13.8. The lowest BCUT2D eigenvalue weighted by Crippen LogP contribution is -2.50. The van der Waals surface area contributed by atoms with Gasteiger partial charge in [0, 0.05) is 23.5 Å². The zero-order valence-electron chi connectivity index (χ0n) is 13.0. The molecule has 0 radical (unpaired) electrons. The molecule has 3 N–H and O–H groups in total. The van der Waals surface area contributed by atoms with Gasteiger partial charge in [0.2, 0.25) is 5.91 Å². The van der Waals surface area contributed by atoms with E-state index in [9.17, 15) is 31.5 Å². The van der Waals surface area contributed by atoms with Crippen LogP contribution in [0.4, 0.5) is 13.2 Å². The number of benzene rings is 1. The SMILES string of the molecule is CS(=O)(=O)C1=C2C(=C=C=C1Oc1cc(F)cc(C(N)=O)c1)C(F)(F)C2O. The van der Waals surface area contributed by atoms with E-state index in [1.54, 1.807) is 0 Å². The summed E-state index contributed by atoms with van der Waals surface area (Å²) in [6.07, 6.45) is -1.63. The number of nitrogens with two attached hydrogens (primary N) is 1. The van der Waals surface area contributed by atoms with E-state index in [-0.39, 0.29) is 11.3 Å². The maximum atomic E-state index is 13.6. The number of aliphatic hydroxyl groups excluding tert-OH is 1. The van der Waals surface area contributed by atoms with Crippen LogP contribution in [-0.4, -0.2) is 37.7 Å². The lowest BCUT2D eigenvalue weighted by atomic mass is 9.77. The van der Waals surface area contributed by atoms with E-state index in [1.165, 1.54) is 0 Å². The van der Waals surface area contributed by atoms with Crippen LogP contribution in [0, 0.1) is 5.82 Å². The monoisotopic (exact) mass is 385 g/mol. The molecule has 26 heavy (non-hydrogen) atoms. The first kappa shape index (κ1) is 18.0. The number of hydrogen-bond donors (Lipinski definition) is 2. The Morgan fingerprint density at radius 2 is 1.96 bits per heavy atom. The number of rotatable bonds is 4. The van der Waals surface area contributed by atoms with Crippen LogP contribution in [0.5, 0.6) is 5.75 Å². The lowest BCUT2D eigenvalue weighted by Gasteiger charge is -2.38. The average Bonchev–Trinajstić information content (AvgIpc) is 2.52. The molecule has 1 atom stereocenters. The van der Waals surface area contributed by atoms with E-state index >= 15 is 0 Å². The van der Waals surface area contributed by atoms with E-state index in [2.05, 4.69) is 11.5 Å². The van der Waals surface area contributed by atoms with Crippen molar-refractivity contribution in [1.82, 2.24) is 0 Å². The second kappa shape index (κ2) is 5.62. The summed E-state index contributed by atoms with van der Waals surface area (Å²) in [5, 5.41) is 9.60. The second-order valence-electron chi connectivity index (χ2n) is 5.64. The molecule has 0 aliphatic heterocycles. The minimum atomic E-state index is -4.13. The number of ether oxygens (including phenoxy) is 1. The van der Waals surface area contributed by atoms with Crippen molar-refractivity contribution in [1.29, 1.82) is 0 Å². The van der Waals surface area contributed by atoms with Gasteiger partial charge in [-0.3, -0.25) is 4.79 Å². The topological polar surface area (TPSA) is 107 Å². The van der Waals surface area contributed by atoms with Crippen molar-refractivity contribution in [3.8, 4) is 5.75 Å². The van der Waals surface area contributed by atoms with Crippen LogP contribution in [0.3, 0.4) is 0 Å². The molecule has 1 fully saturated rings. The molecule has 1 saturated carbocycles. The highest BCUT2D eigenvalue weighted by molar-refractivity contribution is 7.94. The fraction of sp³-hybridized carbons (Fsp3) is 0.188. The van der Waals surface area contributed by atoms with Crippen LogP contribution in [0.1, 0.15) is 10.4 Å². The molecule has 1 aromatic rings. The van der Waals surface area contributed by atoms with Gasteiger partial charge < -0.3 is 15.6 Å². The largest absolute Gasteiger partial charge is 0.447 e. The van der Waals surface area contributed by atoms with Crippen molar-refractivity contribution in [2.45, 2.75) is 12.0 Å². The number of sulfone groups is 1. The zero-order chi connectivity index (χ0) is 19.4. The maximum Gasteiger partial charge on any atom is 0.310 e. The van der Waals surface area contributed by atoms with Crippen molar-refractivity contribution >= 4 is 15.7 Å². The van der Waals surface area contributed by atoms with E-state index in [0.717, 1.165) is 24.5 Å². The molecule has 3 rings (SSSR count). The van der Waals surface area contributed by atoms with Crippen molar-refractivity contribution in [3.05, 3.63) is 62.9 Å². The van der Waals surface area contributed by atoms with Gasteiger partial charge in [0.25, 0.3) is 0 Å². The Kier molecular flexibility index (Phi) is 3.90. The molecule has 2 aliphatic rings. The third-order valence-electron chi connectivity index (χ3n) is 3.72. The van der Waals surface area contributed by atoms with Gasteiger partial charge in [-0.1, -0.05) is 5.73 Å². The third-order valence-corrected chi connectivity index (χ3v) is 4.86. The number of primary amides is 1. The van der Waals surface area contributed by atoms with E-state index < -0.39 is 55.4 Å². The molecule has 0 heterocycles. The molecular weight excluding hydrogens is 375 g/mol. The third kappa shape index (κ3) is 2.75. The Bertz CT molecular complexity index is 1090. The van der Waals surface area contributed by atoms with Gasteiger partial charge in [-0.05, 0) is 17.9 Å². The normalized spacial score (nSPS) is 20.7. The fourth-order valence-electron chi connectivity index (χ4n) is 2.56. The number of fused-ring (bicyclic) bond motifs is 1. The van der Waals surface area contributed by atoms with E-state index in [4.69, 9.17) is 10.5 Å². The molecule has 1 unspecified atom stereocenters. The average molecular weight is 385 g/mol.